The molecule has 0 radical (unpaired) electrons. The van der Waals surface area contributed by atoms with Gasteiger partial charge in [0.2, 0.25) is 0 Å². The lowest BCUT2D eigenvalue weighted by atomic mass is 9.83. The predicted molar refractivity (Wildman–Crippen MR) is 85.8 cm³/mol. The Labute approximate surface area is 122 Å². The first-order valence-electron chi connectivity index (χ1n) is 7.60. The second-order valence-electron chi connectivity index (χ2n) is 5.41. The normalized spacial score (nSPS) is 17.6. The van der Waals surface area contributed by atoms with E-state index in [1.165, 1.54) is 37.7 Å². The Morgan fingerprint density at radius 2 is 1.90 bits per heavy atom. The zero-order valence-corrected chi connectivity index (χ0v) is 12.3. The van der Waals surface area contributed by atoms with Gasteiger partial charge in [0.25, 0.3) is 0 Å². The molecule has 108 valence electrons. The van der Waals surface area contributed by atoms with Crippen LogP contribution in [0, 0.1) is 5.92 Å². The number of anilines is 1. The number of nitrogens with two attached hydrogens (primary N) is 1. The minimum Gasteiger partial charge on any atom is -0.490 e. The van der Waals surface area contributed by atoms with Crippen molar-refractivity contribution in [2.45, 2.75) is 39.0 Å². The van der Waals surface area contributed by atoms with Crippen molar-refractivity contribution in [3.8, 4) is 5.75 Å². The van der Waals surface area contributed by atoms with Gasteiger partial charge in [-0.25, -0.2) is 0 Å². The fourth-order valence-electron chi connectivity index (χ4n) is 2.80. The quantitative estimate of drug-likeness (QED) is 0.620. The highest BCUT2D eigenvalue weighted by Crippen LogP contribution is 2.30. The van der Waals surface area contributed by atoms with Gasteiger partial charge in [0.1, 0.15) is 12.4 Å². The summed E-state index contributed by atoms with van der Waals surface area (Å²) in [6, 6.07) is 7.53. The summed E-state index contributed by atoms with van der Waals surface area (Å²) in [6.07, 6.45) is 13.4. The van der Waals surface area contributed by atoms with Crippen molar-refractivity contribution in [1.29, 1.82) is 0 Å². The molecule has 1 aromatic rings. The van der Waals surface area contributed by atoms with E-state index in [4.69, 9.17) is 10.5 Å². The van der Waals surface area contributed by atoms with E-state index >= 15 is 0 Å². The molecule has 2 nitrogen and oxygen atoms in total. The molecule has 0 heterocycles. The fourth-order valence-corrected chi connectivity index (χ4v) is 2.80. The third-order valence-corrected chi connectivity index (χ3v) is 3.95. The monoisotopic (exact) mass is 271 g/mol. The molecule has 2 rings (SSSR count). The summed E-state index contributed by atoms with van der Waals surface area (Å²) in [6.45, 7) is 2.74. The molecule has 0 unspecified atom stereocenters. The minimum atomic E-state index is 0.605. The zero-order valence-electron chi connectivity index (χ0n) is 12.3. The van der Waals surface area contributed by atoms with Crippen LogP contribution in [0.1, 0.15) is 39.0 Å². The summed E-state index contributed by atoms with van der Waals surface area (Å²) in [5.74, 6) is 1.62. The molecule has 0 amide bonds. The largest absolute Gasteiger partial charge is 0.490 e. The second kappa shape index (κ2) is 7.78. The average molecular weight is 271 g/mol. The molecule has 0 spiro atoms. The van der Waals surface area contributed by atoms with Crippen LogP contribution in [-0.2, 0) is 0 Å². The fraction of sp³-hybridized carbons (Fsp3) is 0.444. The lowest BCUT2D eigenvalue weighted by Gasteiger charge is -2.22. The Bertz CT molecular complexity index is 453. The van der Waals surface area contributed by atoms with Gasteiger partial charge in [-0.15, -0.1) is 0 Å². The maximum absolute atomic E-state index is 5.67. The van der Waals surface area contributed by atoms with Gasteiger partial charge in [0.05, 0.1) is 0 Å². The smallest absolute Gasteiger partial charge is 0.119 e. The lowest BCUT2D eigenvalue weighted by molar-refractivity contribution is 0.362. The van der Waals surface area contributed by atoms with E-state index in [0.717, 1.165) is 17.4 Å². The van der Waals surface area contributed by atoms with Crippen molar-refractivity contribution in [1.82, 2.24) is 0 Å². The highest BCUT2D eigenvalue weighted by atomic mass is 16.5. The van der Waals surface area contributed by atoms with Crippen molar-refractivity contribution >= 4 is 5.69 Å². The van der Waals surface area contributed by atoms with Crippen molar-refractivity contribution in [2.75, 3.05) is 12.3 Å². The Morgan fingerprint density at radius 1 is 1.20 bits per heavy atom. The number of nitrogen functional groups attached to an aromatic ring is 1. The van der Waals surface area contributed by atoms with Crippen molar-refractivity contribution in [3.63, 3.8) is 0 Å². The molecule has 0 aromatic heterocycles. The average Bonchev–Trinajstić information content (AvgIpc) is 2.50. The summed E-state index contributed by atoms with van der Waals surface area (Å²) >= 11 is 0. The standard InChI is InChI=1S/C18H25NO/c1-2-15(16-7-4-3-5-8-16)9-6-14-20-18-12-10-17(19)11-13-18/h2,6,9-13,16H,3-5,7-8,14,19H2,1H3/b9-6-,15-2+. The van der Waals surface area contributed by atoms with Gasteiger partial charge in [0.15, 0.2) is 0 Å². The minimum absolute atomic E-state index is 0.605. The van der Waals surface area contributed by atoms with Gasteiger partial charge in [0, 0.05) is 5.69 Å². The van der Waals surface area contributed by atoms with Gasteiger partial charge in [-0.3, -0.25) is 0 Å². The van der Waals surface area contributed by atoms with E-state index in [0.29, 0.717) is 6.61 Å². The number of hydrogen-bond acceptors (Lipinski definition) is 2. The Morgan fingerprint density at radius 3 is 2.55 bits per heavy atom. The van der Waals surface area contributed by atoms with E-state index in [1.54, 1.807) is 0 Å². The van der Waals surface area contributed by atoms with Crippen molar-refractivity contribution < 1.29 is 4.74 Å². The first-order chi connectivity index (χ1) is 9.79. The number of allylic oxidation sites excluding steroid dienone is 3. The second-order valence-corrected chi connectivity index (χ2v) is 5.41. The molecule has 1 aliphatic carbocycles. The molecule has 20 heavy (non-hydrogen) atoms. The Hall–Kier alpha value is -1.70. The van der Waals surface area contributed by atoms with E-state index in [1.807, 2.05) is 24.3 Å². The van der Waals surface area contributed by atoms with E-state index in [-0.39, 0.29) is 0 Å². The summed E-state index contributed by atoms with van der Waals surface area (Å²) in [7, 11) is 0. The maximum atomic E-state index is 5.67. The molecule has 1 aliphatic rings. The molecule has 0 saturated heterocycles. The van der Waals surface area contributed by atoms with E-state index in [9.17, 15) is 0 Å². The molecule has 0 bridgehead atoms. The first kappa shape index (κ1) is 14.7. The third-order valence-electron chi connectivity index (χ3n) is 3.95. The lowest BCUT2D eigenvalue weighted by Crippen LogP contribution is -2.08. The first-order valence-corrected chi connectivity index (χ1v) is 7.60. The van der Waals surface area contributed by atoms with Crippen molar-refractivity contribution in [2.24, 2.45) is 5.92 Å². The van der Waals surface area contributed by atoms with Crippen LogP contribution in [0.5, 0.6) is 5.75 Å². The van der Waals surface area contributed by atoms with Gasteiger partial charge in [-0.2, -0.15) is 0 Å². The SMILES string of the molecule is C/C=C(\C=C/COc1ccc(N)cc1)C1CCCCC1. The van der Waals surface area contributed by atoms with Gasteiger partial charge in [-0.05, 0) is 61.6 Å². The van der Waals surface area contributed by atoms with Crippen LogP contribution in [0.25, 0.3) is 0 Å². The molecule has 2 heteroatoms. The van der Waals surface area contributed by atoms with Gasteiger partial charge < -0.3 is 10.5 Å². The molecular formula is C18H25NO. The van der Waals surface area contributed by atoms with Crippen LogP contribution in [-0.4, -0.2) is 6.61 Å². The van der Waals surface area contributed by atoms with E-state index in [2.05, 4.69) is 25.2 Å². The van der Waals surface area contributed by atoms with Crippen LogP contribution in [0.3, 0.4) is 0 Å². The van der Waals surface area contributed by atoms with Crippen LogP contribution in [0.2, 0.25) is 0 Å². The summed E-state index contributed by atoms with van der Waals surface area (Å²) < 4.78 is 5.67. The molecular weight excluding hydrogens is 246 g/mol. The summed E-state index contributed by atoms with van der Waals surface area (Å²) in [4.78, 5) is 0. The zero-order chi connectivity index (χ0) is 14.2. The molecule has 0 aliphatic heterocycles. The number of benzene rings is 1. The molecule has 1 aromatic carbocycles. The summed E-state index contributed by atoms with van der Waals surface area (Å²) in [5, 5.41) is 0. The van der Waals surface area contributed by atoms with Gasteiger partial charge >= 0.3 is 0 Å². The predicted octanol–water partition coefficient (Wildman–Crippen LogP) is 4.73. The highest BCUT2D eigenvalue weighted by Gasteiger charge is 2.15. The highest BCUT2D eigenvalue weighted by molar-refractivity contribution is 5.41. The number of ether oxygens (including phenoxy) is 1. The molecule has 2 N–H and O–H groups in total. The number of rotatable bonds is 5. The van der Waals surface area contributed by atoms with E-state index < -0.39 is 0 Å². The van der Waals surface area contributed by atoms with Crippen molar-refractivity contribution in [3.05, 3.63) is 48.1 Å². The van der Waals surface area contributed by atoms with Crippen LogP contribution in [0.15, 0.2) is 48.1 Å². The maximum Gasteiger partial charge on any atom is 0.119 e. The molecule has 1 fully saturated rings. The summed E-state index contributed by atoms with van der Waals surface area (Å²) in [5.41, 5.74) is 7.87. The topological polar surface area (TPSA) is 35.2 Å². The van der Waals surface area contributed by atoms with Crippen LogP contribution in [0.4, 0.5) is 5.69 Å². The molecule has 0 atom stereocenters. The molecule has 1 saturated carbocycles. The van der Waals surface area contributed by atoms with Gasteiger partial charge in [-0.1, -0.05) is 31.4 Å². The van der Waals surface area contributed by atoms with Crippen LogP contribution < -0.4 is 10.5 Å². The Balaban J connectivity index is 1.80. The Kier molecular flexibility index (Phi) is 5.72. The van der Waals surface area contributed by atoms with Crippen LogP contribution >= 0.6 is 0 Å². The third kappa shape index (κ3) is 4.44. The number of hydrogen-bond donors (Lipinski definition) is 1.